The van der Waals surface area contributed by atoms with Gasteiger partial charge in [0.15, 0.2) is 0 Å². The molecule has 7 heteroatoms. The first-order valence-electron chi connectivity index (χ1n) is 8.39. The second kappa shape index (κ2) is 7.94. The molecule has 2 amide bonds. The van der Waals surface area contributed by atoms with Crippen LogP contribution in [0.4, 0.5) is 0 Å². The zero-order chi connectivity index (χ0) is 17.6. The lowest BCUT2D eigenvalue weighted by atomic mass is 10.1. The molecule has 1 aromatic heterocycles. The van der Waals surface area contributed by atoms with E-state index in [1.165, 1.54) is 6.92 Å². The minimum Gasteiger partial charge on any atom is -0.381 e. The van der Waals surface area contributed by atoms with Gasteiger partial charge in [-0.05, 0) is 25.0 Å². The Morgan fingerprint density at radius 2 is 2.04 bits per heavy atom. The molecule has 7 nitrogen and oxygen atoms in total. The van der Waals surface area contributed by atoms with Gasteiger partial charge in [-0.15, -0.1) is 0 Å². The Morgan fingerprint density at radius 3 is 2.80 bits per heavy atom. The number of carbonyl (C=O) groups is 2. The SMILES string of the molecule is CC(=O)NCc1cnn(-c2ccccc2C(=O)NC2CCOCC2)c1. The molecular weight excluding hydrogens is 320 g/mol. The number of rotatable bonds is 5. The molecule has 0 saturated carbocycles. The number of para-hydroxylation sites is 1. The van der Waals surface area contributed by atoms with Gasteiger partial charge in [-0.3, -0.25) is 9.59 Å². The molecule has 1 aromatic carbocycles. The van der Waals surface area contributed by atoms with Crippen LogP contribution in [0.5, 0.6) is 0 Å². The first-order valence-corrected chi connectivity index (χ1v) is 8.39. The Balaban J connectivity index is 1.76. The van der Waals surface area contributed by atoms with Crippen molar-refractivity contribution in [3.8, 4) is 5.69 Å². The van der Waals surface area contributed by atoms with Crippen molar-refractivity contribution in [2.24, 2.45) is 0 Å². The lowest BCUT2D eigenvalue weighted by molar-refractivity contribution is -0.119. The summed E-state index contributed by atoms with van der Waals surface area (Å²) in [5.74, 6) is -0.203. The van der Waals surface area contributed by atoms with Gasteiger partial charge in [-0.2, -0.15) is 5.10 Å². The first kappa shape index (κ1) is 17.2. The molecule has 1 aliphatic heterocycles. The number of aromatic nitrogens is 2. The number of nitrogens with zero attached hydrogens (tertiary/aromatic N) is 2. The molecule has 0 unspecified atom stereocenters. The monoisotopic (exact) mass is 342 g/mol. The van der Waals surface area contributed by atoms with Gasteiger partial charge >= 0.3 is 0 Å². The van der Waals surface area contributed by atoms with Gasteiger partial charge in [0.1, 0.15) is 0 Å². The van der Waals surface area contributed by atoms with Crippen LogP contribution in [0.25, 0.3) is 5.69 Å². The van der Waals surface area contributed by atoms with E-state index in [1.807, 2.05) is 24.4 Å². The average Bonchev–Trinajstić information content (AvgIpc) is 3.10. The van der Waals surface area contributed by atoms with Gasteiger partial charge in [0.2, 0.25) is 5.91 Å². The lowest BCUT2D eigenvalue weighted by Gasteiger charge is -2.23. The maximum Gasteiger partial charge on any atom is 0.253 e. The van der Waals surface area contributed by atoms with Crippen molar-refractivity contribution in [1.29, 1.82) is 0 Å². The number of carbonyl (C=O) groups excluding carboxylic acids is 2. The van der Waals surface area contributed by atoms with Crippen LogP contribution in [0.2, 0.25) is 0 Å². The highest BCUT2D eigenvalue weighted by atomic mass is 16.5. The van der Waals surface area contributed by atoms with Gasteiger partial charge in [0, 0.05) is 44.5 Å². The fourth-order valence-corrected chi connectivity index (χ4v) is 2.78. The molecule has 2 aromatic rings. The minimum atomic E-state index is -0.110. The Kier molecular flexibility index (Phi) is 5.45. The molecule has 0 atom stereocenters. The molecule has 0 radical (unpaired) electrons. The molecule has 1 saturated heterocycles. The van der Waals surface area contributed by atoms with Crippen LogP contribution in [0.1, 0.15) is 35.7 Å². The van der Waals surface area contributed by atoms with Crippen molar-refractivity contribution < 1.29 is 14.3 Å². The first-order chi connectivity index (χ1) is 12.1. The standard InChI is InChI=1S/C18H22N4O3/c1-13(23)19-10-14-11-20-22(12-14)17-5-3-2-4-16(17)18(24)21-15-6-8-25-9-7-15/h2-5,11-12,15H,6-10H2,1H3,(H,19,23)(H,21,24). The topological polar surface area (TPSA) is 85.2 Å². The van der Waals surface area contributed by atoms with Crippen LogP contribution >= 0.6 is 0 Å². The van der Waals surface area contributed by atoms with Crippen LogP contribution in [-0.4, -0.2) is 40.9 Å². The van der Waals surface area contributed by atoms with Gasteiger partial charge in [0.25, 0.3) is 5.91 Å². The highest BCUT2D eigenvalue weighted by Gasteiger charge is 2.19. The fraction of sp³-hybridized carbons (Fsp3) is 0.389. The highest BCUT2D eigenvalue weighted by molar-refractivity contribution is 5.97. The Labute approximate surface area is 146 Å². The van der Waals surface area contributed by atoms with E-state index in [4.69, 9.17) is 4.74 Å². The van der Waals surface area contributed by atoms with E-state index in [0.717, 1.165) is 18.4 Å². The molecule has 2 N–H and O–H groups in total. The number of nitrogens with one attached hydrogen (secondary N) is 2. The molecular formula is C18H22N4O3. The van der Waals surface area contributed by atoms with Crippen LogP contribution in [0.15, 0.2) is 36.7 Å². The predicted octanol–water partition coefficient (Wildman–Crippen LogP) is 1.42. The third-order valence-electron chi connectivity index (χ3n) is 4.13. The van der Waals surface area contributed by atoms with Gasteiger partial charge in [-0.1, -0.05) is 12.1 Å². The molecule has 1 aliphatic rings. The third-order valence-corrected chi connectivity index (χ3v) is 4.13. The van der Waals surface area contributed by atoms with Crippen LogP contribution < -0.4 is 10.6 Å². The molecule has 3 rings (SSSR count). The maximum atomic E-state index is 12.7. The molecule has 0 spiro atoms. The average molecular weight is 342 g/mol. The summed E-state index contributed by atoms with van der Waals surface area (Å²) in [6.07, 6.45) is 5.16. The van der Waals surface area contributed by atoms with E-state index in [1.54, 1.807) is 16.9 Å². The Bertz CT molecular complexity index is 750. The number of hydrogen-bond donors (Lipinski definition) is 2. The van der Waals surface area contributed by atoms with Crippen LogP contribution in [0.3, 0.4) is 0 Å². The summed E-state index contributed by atoms with van der Waals surface area (Å²) in [7, 11) is 0. The lowest BCUT2D eigenvalue weighted by Crippen LogP contribution is -2.39. The Hall–Kier alpha value is -2.67. The summed E-state index contributed by atoms with van der Waals surface area (Å²) in [4.78, 5) is 23.7. The molecule has 132 valence electrons. The quantitative estimate of drug-likeness (QED) is 0.860. The minimum absolute atomic E-state index is 0.0935. The van der Waals surface area contributed by atoms with Crippen LogP contribution in [0, 0.1) is 0 Å². The third kappa shape index (κ3) is 4.45. The fourth-order valence-electron chi connectivity index (χ4n) is 2.78. The van der Waals surface area contributed by atoms with Crippen molar-refractivity contribution in [3.05, 3.63) is 47.8 Å². The van der Waals surface area contributed by atoms with Crippen molar-refractivity contribution in [3.63, 3.8) is 0 Å². The molecule has 1 fully saturated rings. The summed E-state index contributed by atoms with van der Waals surface area (Å²) in [5.41, 5.74) is 2.15. The van der Waals surface area contributed by atoms with Crippen molar-refractivity contribution in [1.82, 2.24) is 20.4 Å². The van der Waals surface area contributed by atoms with Crippen molar-refractivity contribution in [2.75, 3.05) is 13.2 Å². The van der Waals surface area contributed by atoms with E-state index >= 15 is 0 Å². The molecule has 0 bridgehead atoms. The van der Waals surface area contributed by atoms with E-state index in [-0.39, 0.29) is 17.9 Å². The predicted molar refractivity (Wildman–Crippen MR) is 92.4 cm³/mol. The summed E-state index contributed by atoms with van der Waals surface area (Å²) in [6.45, 7) is 3.24. The van der Waals surface area contributed by atoms with Gasteiger partial charge in [-0.25, -0.2) is 4.68 Å². The van der Waals surface area contributed by atoms with Crippen LogP contribution in [-0.2, 0) is 16.1 Å². The summed E-state index contributed by atoms with van der Waals surface area (Å²) in [6, 6.07) is 7.50. The highest BCUT2D eigenvalue weighted by Crippen LogP contribution is 2.16. The number of benzene rings is 1. The summed E-state index contributed by atoms with van der Waals surface area (Å²) in [5, 5.41) is 10.1. The summed E-state index contributed by atoms with van der Waals surface area (Å²) >= 11 is 0. The van der Waals surface area contributed by atoms with E-state index in [0.29, 0.717) is 31.0 Å². The smallest absolute Gasteiger partial charge is 0.253 e. The van der Waals surface area contributed by atoms with E-state index < -0.39 is 0 Å². The maximum absolute atomic E-state index is 12.7. The second-order valence-electron chi connectivity index (χ2n) is 6.08. The summed E-state index contributed by atoms with van der Waals surface area (Å²) < 4.78 is 6.99. The van der Waals surface area contributed by atoms with Crippen molar-refractivity contribution in [2.45, 2.75) is 32.4 Å². The molecule has 2 heterocycles. The largest absolute Gasteiger partial charge is 0.381 e. The molecule has 25 heavy (non-hydrogen) atoms. The number of amides is 2. The normalized spacial score (nSPS) is 14.9. The number of hydrogen-bond acceptors (Lipinski definition) is 4. The number of ether oxygens (including phenoxy) is 1. The van der Waals surface area contributed by atoms with Gasteiger partial charge in [0.05, 0.1) is 17.4 Å². The zero-order valence-electron chi connectivity index (χ0n) is 14.2. The van der Waals surface area contributed by atoms with E-state index in [9.17, 15) is 9.59 Å². The molecule has 0 aliphatic carbocycles. The van der Waals surface area contributed by atoms with E-state index in [2.05, 4.69) is 15.7 Å². The Morgan fingerprint density at radius 1 is 1.28 bits per heavy atom. The second-order valence-corrected chi connectivity index (χ2v) is 6.08. The zero-order valence-corrected chi connectivity index (χ0v) is 14.2. The van der Waals surface area contributed by atoms with Gasteiger partial charge < -0.3 is 15.4 Å². The van der Waals surface area contributed by atoms with Crippen molar-refractivity contribution >= 4 is 11.8 Å².